The number of carbonyl (C=O) groups is 1. The second kappa shape index (κ2) is 8.23. The first-order valence-electron chi connectivity index (χ1n) is 8.34. The maximum atomic E-state index is 12.3. The molecule has 0 fully saturated rings. The molecule has 1 amide bonds. The van der Waals surface area contributed by atoms with Gasteiger partial charge in [-0.2, -0.15) is 5.10 Å². The van der Waals surface area contributed by atoms with Gasteiger partial charge in [0.15, 0.2) is 5.76 Å². The number of nitrogens with one attached hydrogen (secondary N) is 1. The Kier molecular flexibility index (Phi) is 5.78. The summed E-state index contributed by atoms with van der Waals surface area (Å²) in [5.74, 6) is 1.38. The Morgan fingerprint density at radius 2 is 2.12 bits per heavy atom. The average Bonchev–Trinajstić information content (AvgIpc) is 3.25. The Morgan fingerprint density at radius 3 is 2.88 bits per heavy atom. The Morgan fingerprint density at radius 1 is 1.31 bits per heavy atom. The van der Waals surface area contributed by atoms with E-state index in [0.29, 0.717) is 12.3 Å². The molecule has 0 spiro atoms. The van der Waals surface area contributed by atoms with Crippen LogP contribution in [0.3, 0.4) is 0 Å². The molecule has 26 heavy (non-hydrogen) atoms. The summed E-state index contributed by atoms with van der Waals surface area (Å²) in [7, 11) is 0. The van der Waals surface area contributed by atoms with E-state index in [4.69, 9.17) is 9.15 Å². The monoisotopic (exact) mass is 417 g/mol. The summed E-state index contributed by atoms with van der Waals surface area (Å²) in [6, 6.07) is 11.2. The van der Waals surface area contributed by atoms with Crippen LogP contribution >= 0.6 is 15.9 Å². The van der Waals surface area contributed by atoms with Gasteiger partial charge < -0.3 is 14.5 Å². The van der Waals surface area contributed by atoms with Crippen molar-refractivity contribution in [1.29, 1.82) is 0 Å². The van der Waals surface area contributed by atoms with Crippen LogP contribution in [-0.4, -0.2) is 15.7 Å². The molecule has 0 aliphatic heterocycles. The number of ether oxygens (including phenoxy) is 1. The van der Waals surface area contributed by atoms with E-state index < -0.39 is 0 Å². The first kappa shape index (κ1) is 18.3. The van der Waals surface area contributed by atoms with Gasteiger partial charge in [0.2, 0.25) is 0 Å². The third-order valence-electron chi connectivity index (χ3n) is 3.96. The second-order valence-electron chi connectivity index (χ2n) is 5.76. The summed E-state index contributed by atoms with van der Waals surface area (Å²) in [5.41, 5.74) is 1.96. The van der Waals surface area contributed by atoms with Crippen molar-refractivity contribution in [2.24, 2.45) is 0 Å². The summed E-state index contributed by atoms with van der Waals surface area (Å²) in [5, 5.41) is 7.08. The topological polar surface area (TPSA) is 69.3 Å². The summed E-state index contributed by atoms with van der Waals surface area (Å²) >= 11 is 3.44. The number of rotatable bonds is 7. The fourth-order valence-corrected chi connectivity index (χ4v) is 2.97. The lowest BCUT2D eigenvalue weighted by molar-refractivity contribution is 0.0918. The fraction of sp³-hybridized carbons (Fsp3) is 0.263. The third-order valence-corrected chi connectivity index (χ3v) is 4.63. The predicted molar refractivity (Wildman–Crippen MR) is 101 cm³/mol. The number of aryl methyl sites for hydroxylation is 2. The number of benzene rings is 1. The van der Waals surface area contributed by atoms with Crippen molar-refractivity contribution in [1.82, 2.24) is 15.1 Å². The number of hydrogen-bond donors (Lipinski definition) is 1. The van der Waals surface area contributed by atoms with E-state index in [1.807, 2.05) is 42.8 Å². The second-order valence-corrected chi connectivity index (χ2v) is 6.61. The number of carbonyl (C=O) groups excluding carboxylic acids is 1. The molecule has 0 bridgehead atoms. The highest BCUT2D eigenvalue weighted by molar-refractivity contribution is 9.10. The Bertz CT molecular complexity index is 901. The molecule has 0 saturated heterocycles. The number of nitrogens with zero attached hydrogens (tertiary/aromatic N) is 2. The molecule has 0 aliphatic rings. The number of furan rings is 1. The maximum Gasteiger partial charge on any atom is 0.287 e. The van der Waals surface area contributed by atoms with E-state index in [0.717, 1.165) is 28.0 Å². The highest BCUT2D eigenvalue weighted by Crippen LogP contribution is 2.19. The van der Waals surface area contributed by atoms with Crippen molar-refractivity contribution in [3.05, 3.63) is 69.8 Å². The predicted octanol–water partition coefficient (Wildman–Crippen LogP) is 4.08. The van der Waals surface area contributed by atoms with Gasteiger partial charge in [0, 0.05) is 6.54 Å². The molecule has 0 radical (unpaired) electrons. The molecule has 0 saturated carbocycles. The van der Waals surface area contributed by atoms with Crippen molar-refractivity contribution < 1.29 is 13.9 Å². The summed E-state index contributed by atoms with van der Waals surface area (Å²) in [6.07, 6.45) is 1.72. The maximum absolute atomic E-state index is 12.3. The minimum Gasteiger partial charge on any atom is -0.485 e. The van der Waals surface area contributed by atoms with Crippen LogP contribution in [0.5, 0.6) is 5.75 Å². The van der Waals surface area contributed by atoms with E-state index >= 15 is 0 Å². The standard InChI is InChI=1S/C19H20BrN3O3/c1-3-23-16(15(20)10-22-23)11-21-19(24)18-9-8-14(26-18)12-25-17-7-5-4-6-13(17)2/h4-10H,3,11-12H2,1-2H3,(H,21,24). The van der Waals surface area contributed by atoms with Crippen LogP contribution in [0.15, 0.2) is 51.5 Å². The van der Waals surface area contributed by atoms with Crippen LogP contribution in [0.1, 0.15) is 34.5 Å². The molecule has 3 aromatic rings. The third kappa shape index (κ3) is 4.16. The zero-order valence-electron chi connectivity index (χ0n) is 14.7. The van der Waals surface area contributed by atoms with Gasteiger partial charge in [-0.3, -0.25) is 9.48 Å². The van der Waals surface area contributed by atoms with E-state index in [1.54, 1.807) is 18.3 Å². The largest absolute Gasteiger partial charge is 0.485 e. The normalized spacial score (nSPS) is 10.7. The minimum absolute atomic E-state index is 0.257. The molecule has 1 aromatic carbocycles. The molecule has 6 nitrogen and oxygen atoms in total. The van der Waals surface area contributed by atoms with Crippen LogP contribution in [0.25, 0.3) is 0 Å². The average molecular weight is 418 g/mol. The van der Waals surface area contributed by atoms with E-state index in [-0.39, 0.29) is 18.3 Å². The van der Waals surface area contributed by atoms with Gasteiger partial charge in [-0.15, -0.1) is 0 Å². The Labute approximate surface area is 160 Å². The van der Waals surface area contributed by atoms with Crippen LogP contribution in [-0.2, 0) is 19.7 Å². The highest BCUT2D eigenvalue weighted by atomic mass is 79.9. The quantitative estimate of drug-likeness (QED) is 0.628. The van der Waals surface area contributed by atoms with Gasteiger partial charge in [0.1, 0.15) is 18.1 Å². The van der Waals surface area contributed by atoms with Crippen molar-refractivity contribution >= 4 is 21.8 Å². The molecule has 3 rings (SSSR count). The van der Waals surface area contributed by atoms with Gasteiger partial charge in [0.05, 0.1) is 22.9 Å². The van der Waals surface area contributed by atoms with Crippen LogP contribution in [0, 0.1) is 6.92 Å². The summed E-state index contributed by atoms with van der Waals surface area (Å²) in [6.45, 7) is 5.35. The molecule has 2 aromatic heterocycles. The molecular weight excluding hydrogens is 398 g/mol. The number of para-hydroxylation sites is 1. The van der Waals surface area contributed by atoms with Crippen molar-refractivity contribution in [3.8, 4) is 5.75 Å². The van der Waals surface area contributed by atoms with Gasteiger partial charge >= 0.3 is 0 Å². The van der Waals surface area contributed by atoms with Crippen LogP contribution in [0.2, 0.25) is 0 Å². The molecular formula is C19H20BrN3O3. The molecule has 2 heterocycles. The van der Waals surface area contributed by atoms with Crippen molar-refractivity contribution in [2.75, 3.05) is 0 Å². The van der Waals surface area contributed by atoms with Crippen molar-refractivity contribution in [3.63, 3.8) is 0 Å². The smallest absolute Gasteiger partial charge is 0.287 e. The lowest BCUT2D eigenvalue weighted by Crippen LogP contribution is -2.24. The fourth-order valence-electron chi connectivity index (χ4n) is 2.53. The lowest BCUT2D eigenvalue weighted by atomic mass is 10.2. The van der Waals surface area contributed by atoms with Gasteiger partial charge in [-0.1, -0.05) is 18.2 Å². The number of halogens is 1. The van der Waals surface area contributed by atoms with E-state index in [1.165, 1.54) is 0 Å². The first-order valence-corrected chi connectivity index (χ1v) is 9.13. The van der Waals surface area contributed by atoms with Gasteiger partial charge in [0.25, 0.3) is 5.91 Å². The molecule has 7 heteroatoms. The van der Waals surface area contributed by atoms with E-state index in [9.17, 15) is 4.79 Å². The molecule has 0 aliphatic carbocycles. The van der Waals surface area contributed by atoms with Gasteiger partial charge in [-0.25, -0.2) is 0 Å². The zero-order chi connectivity index (χ0) is 18.5. The minimum atomic E-state index is -0.275. The highest BCUT2D eigenvalue weighted by Gasteiger charge is 2.14. The first-order chi connectivity index (χ1) is 12.6. The molecule has 0 atom stereocenters. The number of hydrogen-bond acceptors (Lipinski definition) is 4. The summed E-state index contributed by atoms with van der Waals surface area (Å²) in [4.78, 5) is 12.3. The van der Waals surface area contributed by atoms with Gasteiger partial charge in [-0.05, 0) is 53.5 Å². The molecule has 136 valence electrons. The number of amides is 1. The summed E-state index contributed by atoms with van der Waals surface area (Å²) < 4.78 is 14.0. The van der Waals surface area contributed by atoms with E-state index in [2.05, 4.69) is 26.3 Å². The molecule has 1 N–H and O–H groups in total. The van der Waals surface area contributed by atoms with Crippen molar-refractivity contribution in [2.45, 2.75) is 33.5 Å². The van der Waals surface area contributed by atoms with Crippen LogP contribution < -0.4 is 10.1 Å². The lowest BCUT2D eigenvalue weighted by Gasteiger charge is -2.07. The number of aromatic nitrogens is 2. The zero-order valence-corrected chi connectivity index (χ0v) is 16.2. The Hall–Kier alpha value is -2.54. The molecule has 0 unspecified atom stereocenters. The van der Waals surface area contributed by atoms with Crippen LogP contribution in [0.4, 0.5) is 0 Å². The SMILES string of the molecule is CCn1ncc(Br)c1CNC(=O)c1ccc(COc2ccccc2C)o1. The Balaban J connectivity index is 1.58.